The van der Waals surface area contributed by atoms with Crippen molar-refractivity contribution in [2.45, 2.75) is 12.3 Å². The summed E-state index contributed by atoms with van der Waals surface area (Å²) in [5.41, 5.74) is 7.33. The van der Waals surface area contributed by atoms with Crippen molar-refractivity contribution in [3.63, 3.8) is 0 Å². The molecule has 3 amide bonds. The standard InChI is InChI=1S/C20H20ClFN4O2/c21-15-2-3-16(17(22)7-15)12-1-4-18(24-8-12)14-10-26(11-14)20(28)25-6-5-13(9-25)19(23)27/h1-4,7-8,13-14H,5-6,9-11H2,(H2,23,27)/t13-/m0/s1. The molecule has 2 fully saturated rings. The highest BCUT2D eigenvalue weighted by Crippen LogP contribution is 2.30. The Hall–Kier alpha value is -2.67. The number of carbonyl (C=O) groups is 2. The number of benzene rings is 1. The number of nitrogens with two attached hydrogens (primary N) is 1. The van der Waals surface area contributed by atoms with E-state index in [1.807, 2.05) is 12.1 Å². The van der Waals surface area contributed by atoms with E-state index in [0.717, 1.165) is 5.69 Å². The van der Waals surface area contributed by atoms with Crippen LogP contribution in [0.1, 0.15) is 18.0 Å². The van der Waals surface area contributed by atoms with Gasteiger partial charge in [0.2, 0.25) is 5.91 Å². The van der Waals surface area contributed by atoms with Crippen LogP contribution in [0.2, 0.25) is 5.02 Å². The first-order valence-electron chi connectivity index (χ1n) is 9.17. The second-order valence-corrected chi connectivity index (χ2v) is 7.75. The van der Waals surface area contributed by atoms with Crippen molar-refractivity contribution < 1.29 is 14.0 Å². The number of likely N-dealkylation sites (tertiary alicyclic amines) is 2. The summed E-state index contributed by atoms with van der Waals surface area (Å²) in [6, 6.07) is 8.20. The topological polar surface area (TPSA) is 79.5 Å². The van der Waals surface area contributed by atoms with Gasteiger partial charge in [-0.3, -0.25) is 9.78 Å². The number of primary amides is 1. The predicted molar refractivity (Wildman–Crippen MR) is 103 cm³/mol. The van der Waals surface area contributed by atoms with E-state index in [-0.39, 0.29) is 29.6 Å². The molecule has 28 heavy (non-hydrogen) atoms. The molecule has 0 aliphatic carbocycles. The Morgan fingerprint density at radius 1 is 1.14 bits per heavy atom. The van der Waals surface area contributed by atoms with E-state index in [4.69, 9.17) is 17.3 Å². The lowest BCUT2D eigenvalue weighted by Crippen LogP contribution is -2.53. The second-order valence-electron chi connectivity index (χ2n) is 7.31. The van der Waals surface area contributed by atoms with Crippen LogP contribution in [0, 0.1) is 11.7 Å². The monoisotopic (exact) mass is 402 g/mol. The van der Waals surface area contributed by atoms with Crippen LogP contribution in [0.5, 0.6) is 0 Å². The van der Waals surface area contributed by atoms with Crippen LogP contribution in [0.25, 0.3) is 11.1 Å². The summed E-state index contributed by atoms with van der Waals surface area (Å²) in [6.45, 7) is 2.12. The number of hydrogen-bond acceptors (Lipinski definition) is 3. The second kappa shape index (κ2) is 7.39. The molecule has 2 aromatic rings. The molecule has 0 saturated carbocycles. The van der Waals surface area contributed by atoms with Crippen molar-refractivity contribution in [2.24, 2.45) is 11.7 Å². The molecule has 2 saturated heterocycles. The van der Waals surface area contributed by atoms with Crippen LogP contribution in [0.15, 0.2) is 36.5 Å². The van der Waals surface area contributed by atoms with Crippen molar-refractivity contribution in [3.8, 4) is 11.1 Å². The molecule has 0 unspecified atom stereocenters. The maximum Gasteiger partial charge on any atom is 0.320 e. The minimum atomic E-state index is -0.387. The van der Waals surface area contributed by atoms with Gasteiger partial charge in [0.25, 0.3) is 0 Å². The molecule has 1 atom stereocenters. The van der Waals surface area contributed by atoms with Crippen LogP contribution < -0.4 is 5.73 Å². The van der Waals surface area contributed by atoms with Crippen molar-refractivity contribution in [2.75, 3.05) is 26.2 Å². The van der Waals surface area contributed by atoms with Gasteiger partial charge in [0.05, 0.1) is 5.92 Å². The number of nitrogens with zero attached hydrogens (tertiary/aromatic N) is 3. The highest BCUT2D eigenvalue weighted by molar-refractivity contribution is 6.30. The number of pyridine rings is 1. The maximum absolute atomic E-state index is 14.0. The highest BCUT2D eigenvalue weighted by Gasteiger charge is 2.38. The van der Waals surface area contributed by atoms with E-state index in [2.05, 4.69) is 4.98 Å². The van der Waals surface area contributed by atoms with Gasteiger partial charge < -0.3 is 15.5 Å². The van der Waals surface area contributed by atoms with Gasteiger partial charge in [-0.05, 0) is 30.7 Å². The zero-order valence-corrected chi connectivity index (χ0v) is 15.9. The minimum Gasteiger partial charge on any atom is -0.369 e. The molecule has 4 rings (SSSR count). The average molecular weight is 403 g/mol. The minimum absolute atomic E-state index is 0.0557. The van der Waals surface area contributed by atoms with E-state index in [1.54, 1.807) is 28.1 Å². The Morgan fingerprint density at radius 3 is 2.54 bits per heavy atom. The molecule has 0 radical (unpaired) electrons. The van der Waals surface area contributed by atoms with E-state index in [1.165, 1.54) is 6.07 Å². The van der Waals surface area contributed by atoms with Crippen molar-refractivity contribution >= 4 is 23.5 Å². The fourth-order valence-electron chi connectivity index (χ4n) is 3.72. The molecule has 0 bridgehead atoms. The number of hydrogen-bond donors (Lipinski definition) is 1. The summed E-state index contributed by atoms with van der Waals surface area (Å²) in [5, 5.41) is 0.352. The number of amides is 3. The first-order chi connectivity index (χ1) is 13.4. The Labute approximate surface area is 167 Å². The lowest BCUT2D eigenvalue weighted by Gasteiger charge is -2.40. The number of urea groups is 1. The Balaban J connectivity index is 1.36. The summed E-state index contributed by atoms with van der Waals surface area (Å²) < 4.78 is 14.0. The lowest BCUT2D eigenvalue weighted by molar-refractivity contribution is -0.121. The van der Waals surface area contributed by atoms with E-state index < -0.39 is 0 Å². The molecule has 2 aliphatic rings. The smallest absolute Gasteiger partial charge is 0.320 e. The summed E-state index contributed by atoms with van der Waals surface area (Å²) >= 11 is 5.79. The number of rotatable bonds is 3. The van der Waals surface area contributed by atoms with Gasteiger partial charge in [-0.15, -0.1) is 0 Å². The zero-order chi connectivity index (χ0) is 19.8. The van der Waals surface area contributed by atoms with Gasteiger partial charge >= 0.3 is 6.03 Å². The molecule has 2 aliphatic heterocycles. The first kappa shape index (κ1) is 18.7. The van der Waals surface area contributed by atoms with Crippen molar-refractivity contribution in [3.05, 3.63) is 53.1 Å². The maximum atomic E-state index is 14.0. The molecule has 6 nitrogen and oxygen atoms in total. The predicted octanol–water partition coefficient (Wildman–Crippen LogP) is 2.87. The normalized spacial score (nSPS) is 19.6. The Bertz CT molecular complexity index is 915. The zero-order valence-electron chi connectivity index (χ0n) is 15.1. The van der Waals surface area contributed by atoms with Gasteiger partial charge in [-0.2, -0.15) is 0 Å². The van der Waals surface area contributed by atoms with E-state index >= 15 is 0 Å². The molecule has 1 aromatic heterocycles. The fourth-order valence-corrected chi connectivity index (χ4v) is 3.88. The van der Waals surface area contributed by atoms with Gasteiger partial charge in [-0.25, -0.2) is 9.18 Å². The summed E-state index contributed by atoms with van der Waals surface area (Å²) in [5.74, 6) is -0.827. The third-order valence-corrected chi connectivity index (χ3v) is 5.70. The third kappa shape index (κ3) is 3.54. The Kier molecular flexibility index (Phi) is 4.93. The molecule has 3 heterocycles. The third-order valence-electron chi connectivity index (χ3n) is 5.46. The van der Waals surface area contributed by atoms with Gasteiger partial charge in [0.1, 0.15) is 5.82 Å². The van der Waals surface area contributed by atoms with Crippen LogP contribution in [0.4, 0.5) is 9.18 Å². The van der Waals surface area contributed by atoms with Gasteiger partial charge in [-0.1, -0.05) is 17.7 Å². The van der Waals surface area contributed by atoms with E-state index in [0.29, 0.717) is 48.7 Å². The quantitative estimate of drug-likeness (QED) is 0.857. The highest BCUT2D eigenvalue weighted by atomic mass is 35.5. The van der Waals surface area contributed by atoms with Gasteiger partial charge in [0.15, 0.2) is 0 Å². The molecule has 8 heteroatoms. The molecular formula is C20H20ClFN4O2. The van der Waals surface area contributed by atoms with Crippen LogP contribution >= 0.6 is 11.6 Å². The van der Waals surface area contributed by atoms with Crippen LogP contribution in [-0.4, -0.2) is 52.9 Å². The molecule has 0 spiro atoms. The summed E-state index contributed by atoms with van der Waals surface area (Å²) in [4.78, 5) is 31.7. The molecule has 2 N–H and O–H groups in total. The molecule has 146 valence electrons. The Morgan fingerprint density at radius 2 is 1.93 bits per heavy atom. The number of carbonyl (C=O) groups excluding carboxylic acids is 2. The summed E-state index contributed by atoms with van der Waals surface area (Å²) in [6.07, 6.45) is 2.27. The SMILES string of the molecule is NC(=O)[C@H]1CCN(C(=O)N2CC(c3ccc(-c4ccc(Cl)cc4F)cn3)C2)C1. The van der Waals surface area contributed by atoms with E-state index in [9.17, 15) is 14.0 Å². The van der Waals surface area contributed by atoms with Crippen molar-refractivity contribution in [1.82, 2.24) is 14.8 Å². The van der Waals surface area contributed by atoms with Crippen LogP contribution in [-0.2, 0) is 4.79 Å². The largest absolute Gasteiger partial charge is 0.369 e. The van der Waals surface area contributed by atoms with Crippen molar-refractivity contribution in [1.29, 1.82) is 0 Å². The molecular weight excluding hydrogens is 383 g/mol. The lowest BCUT2D eigenvalue weighted by atomic mass is 9.95. The van der Waals surface area contributed by atoms with Crippen LogP contribution in [0.3, 0.4) is 0 Å². The summed E-state index contributed by atoms with van der Waals surface area (Å²) in [7, 11) is 0. The average Bonchev–Trinajstić information content (AvgIpc) is 3.12. The number of halogens is 2. The fraction of sp³-hybridized carbons (Fsp3) is 0.350. The first-order valence-corrected chi connectivity index (χ1v) is 9.54. The number of aromatic nitrogens is 1. The molecule has 1 aromatic carbocycles. The van der Waals surface area contributed by atoms with Gasteiger partial charge in [0, 0.05) is 60.1 Å².